The molecule has 0 aromatic carbocycles. The van der Waals surface area contributed by atoms with E-state index in [0.717, 1.165) is 13.1 Å². The van der Waals surface area contributed by atoms with Crippen molar-refractivity contribution in [2.45, 2.75) is 32.6 Å². The second-order valence-electron chi connectivity index (χ2n) is 3.57. The van der Waals surface area contributed by atoms with E-state index in [-0.39, 0.29) is 0 Å². The molecule has 0 saturated heterocycles. The van der Waals surface area contributed by atoms with E-state index >= 15 is 0 Å². The number of hydrogen-bond donors (Lipinski definition) is 0. The Morgan fingerprint density at radius 2 is 2.20 bits per heavy atom. The van der Waals surface area contributed by atoms with Crippen LogP contribution in [-0.4, -0.2) is 18.1 Å². The van der Waals surface area contributed by atoms with Gasteiger partial charge in [-0.1, -0.05) is 13.3 Å². The summed E-state index contributed by atoms with van der Waals surface area (Å²) in [6.45, 7) is 6.47. The molecular formula is C12H19ClN2. The highest BCUT2D eigenvalue weighted by Crippen LogP contribution is 2.20. The number of aromatic nitrogens is 1. The zero-order chi connectivity index (χ0) is 11.1. The van der Waals surface area contributed by atoms with Gasteiger partial charge in [0.25, 0.3) is 0 Å². The van der Waals surface area contributed by atoms with Gasteiger partial charge in [-0.3, -0.25) is 4.98 Å². The van der Waals surface area contributed by atoms with Crippen LogP contribution >= 0.6 is 11.6 Å². The highest BCUT2D eigenvalue weighted by Gasteiger charge is 2.08. The van der Waals surface area contributed by atoms with E-state index in [0.29, 0.717) is 5.88 Å². The van der Waals surface area contributed by atoms with E-state index in [1.54, 1.807) is 6.20 Å². The molecule has 15 heavy (non-hydrogen) atoms. The second kappa shape index (κ2) is 6.67. The van der Waals surface area contributed by atoms with Crippen LogP contribution in [-0.2, 0) is 5.88 Å². The lowest BCUT2D eigenvalue weighted by Crippen LogP contribution is -2.25. The zero-order valence-corrected chi connectivity index (χ0v) is 10.3. The average molecular weight is 227 g/mol. The van der Waals surface area contributed by atoms with E-state index in [4.69, 9.17) is 11.6 Å². The number of unbranched alkanes of at least 4 members (excludes halogenated alkanes) is 1. The minimum absolute atomic E-state index is 0.556. The Bertz CT molecular complexity index is 289. The van der Waals surface area contributed by atoms with Gasteiger partial charge in [0.15, 0.2) is 0 Å². The van der Waals surface area contributed by atoms with Crippen LogP contribution in [0.5, 0.6) is 0 Å². The van der Waals surface area contributed by atoms with E-state index in [2.05, 4.69) is 23.7 Å². The molecule has 0 fully saturated rings. The lowest BCUT2D eigenvalue weighted by molar-refractivity contribution is 0.729. The van der Waals surface area contributed by atoms with Crippen molar-refractivity contribution in [3.8, 4) is 0 Å². The van der Waals surface area contributed by atoms with Gasteiger partial charge in [0.05, 0.1) is 11.9 Å². The molecular weight excluding hydrogens is 208 g/mol. The summed E-state index contributed by atoms with van der Waals surface area (Å²) in [6.07, 6.45) is 6.14. The summed E-state index contributed by atoms with van der Waals surface area (Å²) < 4.78 is 0. The van der Waals surface area contributed by atoms with Crippen LogP contribution in [0.4, 0.5) is 5.69 Å². The van der Waals surface area contributed by atoms with E-state index < -0.39 is 0 Å². The highest BCUT2D eigenvalue weighted by atomic mass is 35.5. The maximum absolute atomic E-state index is 5.91. The van der Waals surface area contributed by atoms with Crippen LogP contribution in [0.2, 0.25) is 0 Å². The fourth-order valence-electron chi connectivity index (χ4n) is 1.61. The van der Waals surface area contributed by atoms with Gasteiger partial charge in [0.2, 0.25) is 0 Å². The maximum atomic E-state index is 5.91. The molecule has 0 aliphatic rings. The molecule has 84 valence electrons. The lowest BCUT2D eigenvalue weighted by atomic mass is 10.2. The lowest BCUT2D eigenvalue weighted by Gasteiger charge is -2.24. The fraction of sp³-hybridized carbons (Fsp3) is 0.583. The van der Waals surface area contributed by atoms with Crippen LogP contribution < -0.4 is 4.90 Å². The Balaban J connectivity index is 2.80. The molecule has 0 atom stereocenters. The molecule has 0 saturated carbocycles. The largest absolute Gasteiger partial charge is 0.370 e. The molecule has 1 aromatic heterocycles. The topological polar surface area (TPSA) is 16.1 Å². The van der Waals surface area contributed by atoms with Crippen molar-refractivity contribution in [2.24, 2.45) is 0 Å². The molecule has 1 heterocycles. The molecule has 0 spiro atoms. The molecule has 0 amide bonds. The molecule has 0 aliphatic carbocycles. The Hall–Kier alpha value is -0.760. The van der Waals surface area contributed by atoms with Gasteiger partial charge in [-0.25, -0.2) is 0 Å². The quantitative estimate of drug-likeness (QED) is 0.691. The molecule has 2 nitrogen and oxygen atoms in total. The first-order chi connectivity index (χ1) is 7.33. The third kappa shape index (κ3) is 3.38. The van der Waals surface area contributed by atoms with E-state index in [1.165, 1.54) is 24.1 Å². The number of halogens is 1. The van der Waals surface area contributed by atoms with E-state index in [1.807, 2.05) is 12.3 Å². The summed E-state index contributed by atoms with van der Waals surface area (Å²) in [5.74, 6) is 0.556. The van der Waals surface area contributed by atoms with Gasteiger partial charge in [-0.05, 0) is 25.0 Å². The summed E-state index contributed by atoms with van der Waals surface area (Å²) in [5.41, 5.74) is 2.35. The Kier molecular flexibility index (Phi) is 5.48. The summed E-state index contributed by atoms with van der Waals surface area (Å²) in [5, 5.41) is 0. The van der Waals surface area contributed by atoms with E-state index in [9.17, 15) is 0 Å². The first-order valence-corrected chi connectivity index (χ1v) is 6.10. The fourth-order valence-corrected chi connectivity index (χ4v) is 1.84. The number of rotatable bonds is 6. The van der Waals surface area contributed by atoms with Crippen molar-refractivity contribution in [1.82, 2.24) is 4.98 Å². The number of nitrogens with zero attached hydrogens (tertiary/aromatic N) is 2. The summed E-state index contributed by atoms with van der Waals surface area (Å²) in [4.78, 5) is 6.51. The number of alkyl halides is 1. The molecule has 3 heteroatoms. The van der Waals surface area contributed by atoms with Gasteiger partial charge in [-0.2, -0.15) is 0 Å². The molecule has 0 unspecified atom stereocenters. The van der Waals surface area contributed by atoms with Crippen molar-refractivity contribution >= 4 is 17.3 Å². The standard InChI is InChI=1S/C12H19ClN2/c1-3-5-8-15(4-2)12-10-14-7-6-11(12)9-13/h6-7,10H,3-5,8-9H2,1-2H3. The van der Waals surface area contributed by atoms with Crippen LogP contribution in [0.15, 0.2) is 18.5 Å². The smallest absolute Gasteiger partial charge is 0.0597 e. The van der Waals surface area contributed by atoms with Crippen molar-refractivity contribution in [1.29, 1.82) is 0 Å². The second-order valence-corrected chi connectivity index (χ2v) is 3.84. The van der Waals surface area contributed by atoms with Crippen LogP contribution in [0, 0.1) is 0 Å². The molecule has 0 aliphatic heterocycles. The average Bonchev–Trinajstić information content (AvgIpc) is 2.30. The van der Waals surface area contributed by atoms with Gasteiger partial charge in [0, 0.05) is 25.2 Å². The van der Waals surface area contributed by atoms with Crippen molar-refractivity contribution in [3.05, 3.63) is 24.0 Å². The minimum Gasteiger partial charge on any atom is -0.370 e. The molecule has 1 aromatic rings. The van der Waals surface area contributed by atoms with Crippen LogP contribution in [0.1, 0.15) is 32.3 Å². The summed E-state index contributed by atoms with van der Waals surface area (Å²) in [7, 11) is 0. The van der Waals surface area contributed by atoms with Crippen molar-refractivity contribution in [2.75, 3.05) is 18.0 Å². The number of hydrogen-bond acceptors (Lipinski definition) is 2. The predicted molar refractivity (Wildman–Crippen MR) is 66.6 cm³/mol. The molecule has 1 rings (SSSR count). The third-order valence-corrected chi connectivity index (χ3v) is 2.82. The normalized spacial score (nSPS) is 10.3. The molecule has 0 N–H and O–H groups in total. The predicted octanol–water partition coefficient (Wildman–Crippen LogP) is 3.45. The minimum atomic E-state index is 0.556. The van der Waals surface area contributed by atoms with Gasteiger partial charge >= 0.3 is 0 Å². The maximum Gasteiger partial charge on any atom is 0.0597 e. The number of anilines is 1. The Morgan fingerprint density at radius 1 is 1.40 bits per heavy atom. The van der Waals surface area contributed by atoms with Crippen molar-refractivity contribution < 1.29 is 0 Å². The Labute approximate surface area is 97.3 Å². The summed E-state index contributed by atoms with van der Waals surface area (Å²) >= 11 is 5.91. The van der Waals surface area contributed by atoms with Crippen LogP contribution in [0.25, 0.3) is 0 Å². The molecule has 0 bridgehead atoms. The monoisotopic (exact) mass is 226 g/mol. The molecule has 0 radical (unpaired) electrons. The first-order valence-electron chi connectivity index (χ1n) is 5.57. The number of pyridine rings is 1. The van der Waals surface area contributed by atoms with Crippen molar-refractivity contribution in [3.63, 3.8) is 0 Å². The Morgan fingerprint density at radius 3 is 2.80 bits per heavy atom. The van der Waals surface area contributed by atoms with Gasteiger partial charge < -0.3 is 4.90 Å². The SMILES string of the molecule is CCCCN(CC)c1cnccc1CCl. The van der Waals surface area contributed by atoms with Crippen LogP contribution in [0.3, 0.4) is 0 Å². The highest BCUT2D eigenvalue weighted by molar-refractivity contribution is 6.17. The zero-order valence-electron chi connectivity index (χ0n) is 9.54. The summed E-state index contributed by atoms with van der Waals surface area (Å²) in [6, 6.07) is 2.00. The van der Waals surface area contributed by atoms with Gasteiger partial charge in [-0.15, -0.1) is 11.6 Å². The third-order valence-electron chi connectivity index (χ3n) is 2.54. The first kappa shape index (κ1) is 12.3. The van der Waals surface area contributed by atoms with Gasteiger partial charge in [0.1, 0.15) is 0 Å².